The zero-order chi connectivity index (χ0) is 20.6. The molecule has 2 aromatic rings. The highest BCUT2D eigenvalue weighted by Crippen LogP contribution is 2.41. The summed E-state index contributed by atoms with van der Waals surface area (Å²) >= 11 is 0. The predicted molar refractivity (Wildman–Crippen MR) is 118 cm³/mol. The van der Waals surface area contributed by atoms with Crippen molar-refractivity contribution in [2.45, 2.75) is 32.2 Å². The molecular weight excluding hydrogens is 360 g/mol. The molecule has 4 rings (SSSR count). The normalized spacial score (nSPS) is 21.1. The first-order valence-electron chi connectivity index (χ1n) is 10.4. The van der Waals surface area contributed by atoms with Gasteiger partial charge < -0.3 is 10.2 Å². The van der Waals surface area contributed by atoms with E-state index < -0.39 is 0 Å². The van der Waals surface area contributed by atoms with E-state index in [1.54, 1.807) is 0 Å². The van der Waals surface area contributed by atoms with Crippen molar-refractivity contribution < 1.29 is 4.79 Å². The minimum Gasteiger partial charge on any atom is -0.312 e. The molecule has 2 aliphatic rings. The van der Waals surface area contributed by atoms with Gasteiger partial charge in [0, 0.05) is 55.0 Å². The molecule has 1 unspecified atom stereocenters. The number of carbonyl (C=O) groups is 1. The number of benzene rings is 1. The molecule has 1 aromatic carbocycles. The van der Waals surface area contributed by atoms with Crippen LogP contribution in [0.5, 0.6) is 0 Å². The molecule has 152 valence electrons. The van der Waals surface area contributed by atoms with Gasteiger partial charge in [-0.05, 0) is 18.6 Å². The van der Waals surface area contributed by atoms with Crippen LogP contribution in [0.2, 0.25) is 0 Å². The summed E-state index contributed by atoms with van der Waals surface area (Å²) in [6.07, 6.45) is 1.93. The first-order chi connectivity index (χ1) is 13.8. The number of pyridine rings is 1. The number of amides is 1. The third kappa shape index (κ3) is 3.98. The summed E-state index contributed by atoms with van der Waals surface area (Å²) in [5.41, 5.74) is 4.74. The van der Waals surface area contributed by atoms with Gasteiger partial charge in [-0.15, -0.1) is 0 Å². The molecule has 0 spiro atoms. The second-order valence-electron chi connectivity index (χ2n) is 8.89. The average molecular weight is 391 g/mol. The molecule has 29 heavy (non-hydrogen) atoms. The van der Waals surface area contributed by atoms with Gasteiger partial charge in [-0.25, -0.2) is 0 Å². The summed E-state index contributed by atoms with van der Waals surface area (Å²) in [7, 11) is 0. The van der Waals surface area contributed by atoms with Gasteiger partial charge in [0.05, 0.1) is 17.9 Å². The number of rotatable bonds is 4. The number of piperazine rings is 1. The van der Waals surface area contributed by atoms with Crippen LogP contribution in [0.4, 0.5) is 5.69 Å². The minimum absolute atomic E-state index is 0.110. The molecule has 5 nitrogen and oxygen atoms in total. The summed E-state index contributed by atoms with van der Waals surface area (Å²) in [6, 6.07) is 12.5. The third-order valence-electron chi connectivity index (χ3n) is 6.00. The van der Waals surface area contributed by atoms with Crippen LogP contribution in [0, 0.1) is 0 Å². The van der Waals surface area contributed by atoms with Gasteiger partial charge >= 0.3 is 0 Å². The second kappa shape index (κ2) is 7.73. The molecule has 3 heterocycles. The summed E-state index contributed by atoms with van der Waals surface area (Å²) in [5.74, 6) is 0.161. The lowest BCUT2D eigenvalue weighted by molar-refractivity contribution is -0.120. The zero-order valence-corrected chi connectivity index (χ0v) is 17.6. The Labute approximate surface area is 173 Å². The highest BCUT2D eigenvalue weighted by molar-refractivity contribution is 5.98. The van der Waals surface area contributed by atoms with Crippen LogP contribution >= 0.6 is 0 Å². The maximum Gasteiger partial charge on any atom is 0.241 e. The minimum atomic E-state index is -0.110. The standard InChI is InChI=1S/C24H30N4O/c1-17-14-27(11-10-25-17)15-23(29)28-16-24(3,4)20-13-26-21(12-22(20)28)18(2)19-8-6-5-7-9-19/h5-9,12-13,17,25H,2,10-11,14-16H2,1,3-4H3. The van der Waals surface area contributed by atoms with Gasteiger partial charge in [0.1, 0.15) is 0 Å². The Morgan fingerprint density at radius 2 is 2.07 bits per heavy atom. The molecule has 1 aromatic heterocycles. The third-order valence-corrected chi connectivity index (χ3v) is 6.00. The summed E-state index contributed by atoms with van der Waals surface area (Å²) < 4.78 is 0. The fourth-order valence-electron chi connectivity index (χ4n) is 4.36. The van der Waals surface area contributed by atoms with Crippen LogP contribution in [-0.2, 0) is 10.2 Å². The number of anilines is 1. The molecule has 0 aliphatic carbocycles. The van der Waals surface area contributed by atoms with Crippen molar-refractivity contribution in [3.8, 4) is 0 Å². The number of hydrogen-bond acceptors (Lipinski definition) is 4. The van der Waals surface area contributed by atoms with Gasteiger partial charge in [-0.1, -0.05) is 50.8 Å². The number of fused-ring (bicyclic) bond motifs is 1. The van der Waals surface area contributed by atoms with E-state index in [2.05, 4.69) is 42.6 Å². The number of nitrogens with zero attached hydrogens (tertiary/aromatic N) is 3. The Balaban J connectivity index is 1.60. The molecule has 0 radical (unpaired) electrons. The second-order valence-corrected chi connectivity index (χ2v) is 8.89. The Kier molecular flexibility index (Phi) is 5.28. The lowest BCUT2D eigenvalue weighted by Crippen LogP contribution is -2.52. The van der Waals surface area contributed by atoms with Crippen molar-refractivity contribution in [1.29, 1.82) is 0 Å². The molecule has 1 atom stereocenters. The van der Waals surface area contributed by atoms with Crippen LogP contribution in [0.15, 0.2) is 49.2 Å². The monoisotopic (exact) mass is 390 g/mol. The SMILES string of the molecule is C=C(c1ccccc1)c1cc2c(cn1)C(C)(C)CN2C(=O)CN1CCNC(C)C1. The maximum atomic E-state index is 13.2. The molecule has 1 fully saturated rings. The fourth-order valence-corrected chi connectivity index (χ4v) is 4.36. The van der Waals surface area contributed by atoms with Crippen LogP contribution in [0.25, 0.3) is 5.57 Å². The van der Waals surface area contributed by atoms with Gasteiger partial charge in [0.15, 0.2) is 0 Å². The Morgan fingerprint density at radius 3 is 2.79 bits per heavy atom. The smallest absolute Gasteiger partial charge is 0.241 e. The highest BCUT2D eigenvalue weighted by atomic mass is 16.2. The van der Waals surface area contributed by atoms with Crippen molar-refractivity contribution in [3.63, 3.8) is 0 Å². The van der Waals surface area contributed by atoms with E-state index in [-0.39, 0.29) is 11.3 Å². The maximum absolute atomic E-state index is 13.2. The summed E-state index contributed by atoms with van der Waals surface area (Å²) in [5, 5.41) is 3.43. The number of nitrogens with one attached hydrogen (secondary N) is 1. The first kappa shape index (κ1) is 19.8. The van der Waals surface area contributed by atoms with Crippen molar-refractivity contribution in [2.75, 3.05) is 37.6 Å². The Bertz CT molecular complexity index is 922. The average Bonchev–Trinajstić information content (AvgIpc) is 2.99. The van der Waals surface area contributed by atoms with Crippen molar-refractivity contribution >= 4 is 17.2 Å². The Hall–Kier alpha value is -2.50. The zero-order valence-electron chi connectivity index (χ0n) is 17.6. The van der Waals surface area contributed by atoms with Crippen LogP contribution < -0.4 is 10.2 Å². The van der Waals surface area contributed by atoms with Crippen molar-refractivity contribution in [1.82, 2.24) is 15.2 Å². The van der Waals surface area contributed by atoms with E-state index in [1.165, 1.54) is 0 Å². The van der Waals surface area contributed by atoms with Crippen LogP contribution in [0.3, 0.4) is 0 Å². The molecule has 0 bridgehead atoms. The number of aromatic nitrogens is 1. The predicted octanol–water partition coefficient (Wildman–Crippen LogP) is 3.06. The molecule has 2 aliphatic heterocycles. The van der Waals surface area contributed by atoms with Gasteiger partial charge in [-0.3, -0.25) is 14.7 Å². The lowest BCUT2D eigenvalue weighted by atomic mass is 9.88. The van der Waals surface area contributed by atoms with Gasteiger partial charge in [-0.2, -0.15) is 0 Å². The summed E-state index contributed by atoms with van der Waals surface area (Å²) in [6.45, 7) is 14.7. The van der Waals surface area contributed by atoms with Crippen molar-refractivity contribution in [3.05, 3.63) is 66.0 Å². The van der Waals surface area contributed by atoms with E-state index in [0.717, 1.165) is 47.7 Å². The van der Waals surface area contributed by atoms with Gasteiger partial charge in [0.25, 0.3) is 0 Å². The molecule has 5 heteroatoms. The van der Waals surface area contributed by atoms with Crippen molar-refractivity contribution in [2.24, 2.45) is 0 Å². The van der Waals surface area contributed by atoms with E-state index in [1.807, 2.05) is 47.5 Å². The first-order valence-corrected chi connectivity index (χ1v) is 10.4. The lowest BCUT2D eigenvalue weighted by Gasteiger charge is -2.32. The van der Waals surface area contributed by atoms with Crippen LogP contribution in [-0.4, -0.2) is 54.6 Å². The molecule has 1 saturated heterocycles. The number of carbonyl (C=O) groups excluding carboxylic acids is 1. The highest BCUT2D eigenvalue weighted by Gasteiger charge is 2.39. The largest absolute Gasteiger partial charge is 0.312 e. The topological polar surface area (TPSA) is 48.5 Å². The van der Waals surface area contributed by atoms with E-state index in [9.17, 15) is 4.79 Å². The quantitative estimate of drug-likeness (QED) is 0.872. The fraction of sp³-hybridized carbons (Fsp3) is 0.417. The van der Waals surface area contributed by atoms with E-state index in [4.69, 9.17) is 0 Å². The number of hydrogen-bond donors (Lipinski definition) is 1. The molecule has 0 saturated carbocycles. The molecule has 1 N–H and O–H groups in total. The van der Waals surface area contributed by atoms with E-state index >= 15 is 0 Å². The van der Waals surface area contributed by atoms with Crippen LogP contribution in [0.1, 0.15) is 37.6 Å². The molecular formula is C24H30N4O. The van der Waals surface area contributed by atoms with Gasteiger partial charge in [0.2, 0.25) is 5.91 Å². The molecule has 1 amide bonds. The Morgan fingerprint density at radius 1 is 1.31 bits per heavy atom. The van der Waals surface area contributed by atoms with E-state index in [0.29, 0.717) is 19.1 Å². The summed E-state index contributed by atoms with van der Waals surface area (Å²) in [4.78, 5) is 22.1.